The Kier molecular flexibility index (Phi) is 6.65. The largest absolute Gasteiger partial charge is 0.459 e. The van der Waals surface area contributed by atoms with E-state index in [0.717, 1.165) is 43.0 Å². The molecule has 2 saturated heterocycles. The maximum atomic E-state index is 12.3. The number of hydrogen-bond acceptors (Lipinski definition) is 6. The highest BCUT2D eigenvalue weighted by atomic mass is 32.2. The second-order valence-electron chi connectivity index (χ2n) is 7.89. The Bertz CT molecular complexity index is 634. The summed E-state index contributed by atoms with van der Waals surface area (Å²) in [6, 6.07) is -0.493. The van der Waals surface area contributed by atoms with E-state index in [2.05, 4.69) is 24.4 Å². The summed E-state index contributed by atoms with van der Waals surface area (Å²) in [6.07, 6.45) is 9.42. The zero-order chi connectivity index (χ0) is 19.4. The van der Waals surface area contributed by atoms with Crippen molar-refractivity contribution in [3.8, 4) is 0 Å². The molecule has 0 aromatic carbocycles. The second-order valence-corrected chi connectivity index (χ2v) is 8.88. The molecule has 2 N–H and O–H groups in total. The van der Waals surface area contributed by atoms with E-state index in [9.17, 15) is 14.7 Å². The summed E-state index contributed by atoms with van der Waals surface area (Å²) in [6.45, 7) is 4.10. The minimum absolute atomic E-state index is 0.160. The monoisotopic (exact) mass is 395 g/mol. The van der Waals surface area contributed by atoms with Crippen molar-refractivity contribution in [2.45, 2.75) is 76.4 Å². The van der Waals surface area contributed by atoms with Crippen molar-refractivity contribution < 1.29 is 24.2 Å². The molecule has 6 nitrogen and oxygen atoms in total. The highest BCUT2D eigenvalue weighted by Crippen LogP contribution is 2.37. The van der Waals surface area contributed by atoms with Crippen molar-refractivity contribution in [2.75, 3.05) is 5.75 Å². The van der Waals surface area contributed by atoms with Crippen LogP contribution in [0.25, 0.3) is 0 Å². The molecule has 0 aliphatic carbocycles. The lowest BCUT2D eigenvalue weighted by Gasteiger charge is -2.43. The van der Waals surface area contributed by atoms with Gasteiger partial charge in [0, 0.05) is 24.7 Å². The van der Waals surface area contributed by atoms with Crippen molar-refractivity contribution in [1.82, 2.24) is 5.32 Å². The average Bonchev–Trinajstić information content (AvgIpc) is 3.03. The molecular weight excluding hydrogens is 366 g/mol. The molecule has 7 heteroatoms. The number of nitrogens with one attached hydrogen (secondary N) is 1. The first-order chi connectivity index (χ1) is 12.8. The van der Waals surface area contributed by atoms with Crippen LogP contribution < -0.4 is 5.32 Å². The number of thioether (sulfide) groups is 1. The van der Waals surface area contributed by atoms with Crippen LogP contribution in [0.5, 0.6) is 0 Å². The van der Waals surface area contributed by atoms with Crippen LogP contribution in [-0.4, -0.2) is 46.1 Å². The fourth-order valence-electron chi connectivity index (χ4n) is 3.86. The maximum Gasteiger partial charge on any atom is 0.330 e. The van der Waals surface area contributed by atoms with Gasteiger partial charge in [-0.15, -0.1) is 0 Å². The molecule has 2 fully saturated rings. The standard InChI is InChI=1S/C20H29NO5S/c1-13-5-3-4-6-14(2)9-18(22)25-16-10-15(8-7-13)26-20(24,11-16)17-12-27-19(23)21-17/h3,5,9,13,15-17,24H,4,6-8,10-12H2,1-2H3,(H,21,23)/b5-3-,14-9-/t13-,15-,16+,17+,20-/m1/s1. The minimum Gasteiger partial charge on any atom is -0.459 e. The van der Waals surface area contributed by atoms with Gasteiger partial charge in [0.2, 0.25) is 0 Å². The summed E-state index contributed by atoms with van der Waals surface area (Å²) in [5.41, 5.74) is 0.979. The van der Waals surface area contributed by atoms with E-state index in [1.54, 1.807) is 6.08 Å². The summed E-state index contributed by atoms with van der Waals surface area (Å²) in [5, 5.41) is 13.7. The summed E-state index contributed by atoms with van der Waals surface area (Å²) in [4.78, 5) is 23.9. The molecule has 2 bridgehead atoms. The smallest absolute Gasteiger partial charge is 0.330 e. The van der Waals surface area contributed by atoms with Gasteiger partial charge in [-0.1, -0.05) is 36.4 Å². The summed E-state index contributed by atoms with van der Waals surface area (Å²) in [7, 11) is 0. The number of fused-ring (bicyclic) bond motifs is 2. The first-order valence-electron chi connectivity index (χ1n) is 9.72. The molecule has 150 valence electrons. The van der Waals surface area contributed by atoms with E-state index in [4.69, 9.17) is 9.47 Å². The number of ether oxygens (including phenoxy) is 2. The number of allylic oxidation sites excluding steroid dienone is 3. The molecule has 5 atom stereocenters. The number of hydrogen-bond donors (Lipinski definition) is 2. The van der Waals surface area contributed by atoms with E-state index in [0.29, 0.717) is 18.1 Å². The zero-order valence-electron chi connectivity index (χ0n) is 16.0. The van der Waals surface area contributed by atoms with Gasteiger partial charge in [0.1, 0.15) is 6.10 Å². The number of carbonyl (C=O) groups excluding carboxylic acids is 2. The molecule has 0 aromatic heterocycles. The van der Waals surface area contributed by atoms with Gasteiger partial charge in [-0.2, -0.15) is 0 Å². The molecule has 0 unspecified atom stereocenters. The van der Waals surface area contributed by atoms with Crippen LogP contribution in [0.2, 0.25) is 0 Å². The summed E-state index contributed by atoms with van der Waals surface area (Å²) < 4.78 is 11.7. The molecule has 0 saturated carbocycles. The van der Waals surface area contributed by atoms with Crippen LogP contribution >= 0.6 is 11.8 Å². The molecule has 3 aliphatic rings. The Hall–Kier alpha value is -1.31. The molecular formula is C20H29NO5S. The third kappa shape index (κ3) is 5.59. The van der Waals surface area contributed by atoms with Crippen molar-refractivity contribution in [1.29, 1.82) is 0 Å². The van der Waals surface area contributed by atoms with Gasteiger partial charge in [0.25, 0.3) is 5.24 Å². The fraction of sp³-hybridized carbons (Fsp3) is 0.700. The van der Waals surface area contributed by atoms with E-state index in [1.807, 2.05) is 6.92 Å². The predicted molar refractivity (Wildman–Crippen MR) is 104 cm³/mol. The van der Waals surface area contributed by atoms with E-state index < -0.39 is 17.9 Å². The van der Waals surface area contributed by atoms with Crippen molar-refractivity contribution in [2.24, 2.45) is 5.92 Å². The second kappa shape index (κ2) is 8.80. The normalized spacial score (nSPS) is 41.7. The highest BCUT2D eigenvalue weighted by molar-refractivity contribution is 8.14. The molecule has 3 aliphatic heterocycles. The van der Waals surface area contributed by atoms with Crippen LogP contribution in [0.4, 0.5) is 4.79 Å². The first kappa shape index (κ1) is 20.4. The summed E-state index contributed by atoms with van der Waals surface area (Å²) >= 11 is 1.14. The third-order valence-corrected chi connectivity index (χ3v) is 6.28. The maximum absolute atomic E-state index is 12.3. The Morgan fingerprint density at radius 1 is 1.30 bits per heavy atom. The van der Waals surface area contributed by atoms with Gasteiger partial charge < -0.3 is 19.9 Å². The Balaban J connectivity index is 1.78. The van der Waals surface area contributed by atoms with Crippen LogP contribution in [0, 0.1) is 5.92 Å². The highest BCUT2D eigenvalue weighted by Gasteiger charge is 2.49. The number of amides is 1. The van der Waals surface area contributed by atoms with Crippen molar-refractivity contribution >= 4 is 23.0 Å². The first-order valence-corrected chi connectivity index (χ1v) is 10.7. The lowest BCUT2D eigenvalue weighted by atomic mass is 9.90. The lowest BCUT2D eigenvalue weighted by molar-refractivity contribution is -0.283. The number of rotatable bonds is 1. The van der Waals surface area contributed by atoms with E-state index in [-0.39, 0.29) is 23.7 Å². The molecule has 0 radical (unpaired) electrons. The zero-order valence-corrected chi connectivity index (χ0v) is 16.8. The van der Waals surface area contributed by atoms with Crippen LogP contribution in [0.1, 0.15) is 52.4 Å². The fourth-order valence-corrected chi connectivity index (χ4v) is 4.75. The topological polar surface area (TPSA) is 84.9 Å². The number of carbonyl (C=O) groups is 2. The van der Waals surface area contributed by atoms with E-state index >= 15 is 0 Å². The molecule has 0 spiro atoms. The van der Waals surface area contributed by atoms with Gasteiger partial charge in [-0.3, -0.25) is 4.79 Å². The van der Waals surface area contributed by atoms with Gasteiger partial charge in [-0.25, -0.2) is 4.79 Å². The minimum atomic E-state index is -1.51. The van der Waals surface area contributed by atoms with Crippen LogP contribution in [0.15, 0.2) is 23.8 Å². The van der Waals surface area contributed by atoms with E-state index in [1.165, 1.54) is 0 Å². The SMILES string of the molecule is C/C1=C/C(=O)O[C@H]2C[C@@H](CC[C@H](C)/C=C\CC1)O[C@@](O)([C@@H]1CSC(=O)N1)C2. The Morgan fingerprint density at radius 3 is 2.85 bits per heavy atom. The lowest BCUT2D eigenvalue weighted by Crippen LogP contribution is -2.58. The average molecular weight is 396 g/mol. The Labute approximate surface area is 164 Å². The predicted octanol–water partition coefficient (Wildman–Crippen LogP) is 3.30. The van der Waals surface area contributed by atoms with Gasteiger partial charge in [0.15, 0.2) is 5.79 Å². The van der Waals surface area contributed by atoms with Crippen LogP contribution in [-0.2, 0) is 14.3 Å². The van der Waals surface area contributed by atoms with Crippen molar-refractivity contribution in [3.63, 3.8) is 0 Å². The third-order valence-electron chi connectivity index (χ3n) is 5.40. The number of esters is 1. The van der Waals surface area contributed by atoms with Gasteiger partial charge in [0.05, 0.1) is 12.1 Å². The van der Waals surface area contributed by atoms with Gasteiger partial charge >= 0.3 is 5.97 Å². The quantitative estimate of drug-likeness (QED) is 0.523. The molecule has 0 aromatic rings. The molecule has 27 heavy (non-hydrogen) atoms. The Morgan fingerprint density at radius 2 is 2.11 bits per heavy atom. The number of aliphatic hydroxyl groups is 1. The molecule has 3 heterocycles. The van der Waals surface area contributed by atoms with Crippen molar-refractivity contribution in [3.05, 3.63) is 23.8 Å². The van der Waals surface area contributed by atoms with Crippen LogP contribution in [0.3, 0.4) is 0 Å². The van der Waals surface area contributed by atoms with Gasteiger partial charge in [-0.05, 0) is 38.5 Å². The molecule has 3 rings (SSSR count). The summed E-state index contributed by atoms with van der Waals surface area (Å²) in [5.74, 6) is -1.03. The molecule has 1 amide bonds.